The third-order valence-corrected chi connectivity index (χ3v) is 1.88. The van der Waals surface area contributed by atoms with E-state index in [1.54, 1.807) is 0 Å². The van der Waals surface area contributed by atoms with Crippen LogP contribution in [-0.4, -0.2) is 36.5 Å². The van der Waals surface area contributed by atoms with Gasteiger partial charge in [0.1, 0.15) is 0 Å². The van der Waals surface area contributed by atoms with E-state index in [0.717, 1.165) is 19.4 Å². The van der Waals surface area contributed by atoms with Crippen LogP contribution in [0.3, 0.4) is 0 Å². The van der Waals surface area contributed by atoms with Crippen molar-refractivity contribution in [1.29, 1.82) is 0 Å². The fourth-order valence-corrected chi connectivity index (χ4v) is 1.10. The predicted octanol–water partition coefficient (Wildman–Crippen LogP) is 1.55. The highest BCUT2D eigenvalue weighted by molar-refractivity contribution is 4.68. The standard InChI is InChI=1S/C11H25NO2/c1-5-7-12-10(6-8-13)9-14-11(2,3)4/h10,12-13H,5-9H2,1-4H3. The summed E-state index contributed by atoms with van der Waals surface area (Å²) in [5, 5.41) is 12.2. The van der Waals surface area contributed by atoms with Crippen LogP contribution in [0.1, 0.15) is 40.5 Å². The Hall–Kier alpha value is -0.120. The van der Waals surface area contributed by atoms with E-state index in [4.69, 9.17) is 9.84 Å². The lowest BCUT2D eigenvalue weighted by atomic mass is 10.1. The summed E-state index contributed by atoms with van der Waals surface area (Å²) < 4.78 is 5.67. The molecule has 0 bridgehead atoms. The molecule has 0 amide bonds. The van der Waals surface area contributed by atoms with Gasteiger partial charge in [-0.15, -0.1) is 0 Å². The van der Waals surface area contributed by atoms with Crippen molar-refractivity contribution >= 4 is 0 Å². The van der Waals surface area contributed by atoms with Crippen LogP contribution in [-0.2, 0) is 4.74 Å². The lowest BCUT2D eigenvalue weighted by Crippen LogP contribution is -2.37. The smallest absolute Gasteiger partial charge is 0.0627 e. The Morgan fingerprint density at radius 3 is 2.43 bits per heavy atom. The van der Waals surface area contributed by atoms with E-state index in [2.05, 4.69) is 12.2 Å². The van der Waals surface area contributed by atoms with Crippen molar-refractivity contribution in [3.63, 3.8) is 0 Å². The highest BCUT2D eigenvalue weighted by Crippen LogP contribution is 2.08. The fraction of sp³-hybridized carbons (Fsp3) is 1.00. The Bertz CT molecular complexity index is 132. The third-order valence-electron chi connectivity index (χ3n) is 1.88. The Morgan fingerprint density at radius 2 is 2.00 bits per heavy atom. The summed E-state index contributed by atoms with van der Waals surface area (Å²) >= 11 is 0. The SMILES string of the molecule is CCCNC(CCO)COC(C)(C)C. The molecule has 0 aromatic rings. The van der Waals surface area contributed by atoms with Gasteiger partial charge in [0.2, 0.25) is 0 Å². The van der Waals surface area contributed by atoms with Crippen molar-refractivity contribution in [2.75, 3.05) is 19.8 Å². The second-order valence-corrected chi connectivity index (χ2v) is 4.59. The lowest BCUT2D eigenvalue weighted by molar-refractivity contribution is -0.0171. The summed E-state index contributed by atoms with van der Waals surface area (Å²) in [4.78, 5) is 0. The van der Waals surface area contributed by atoms with Gasteiger partial charge in [0, 0.05) is 12.6 Å². The molecule has 86 valence electrons. The number of ether oxygens (including phenoxy) is 1. The van der Waals surface area contributed by atoms with Crippen molar-refractivity contribution < 1.29 is 9.84 Å². The minimum atomic E-state index is -0.0956. The van der Waals surface area contributed by atoms with Gasteiger partial charge in [0.25, 0.3) is 0 Å². The second kappa shape index (κ2) is 7.21. The number of hydrogen-bond acceptors (Lipinski definition) is 3. The fourth-order valence-electron chi connectivity index (χ4n) is 1.10. The van der Waals surface area contributed by atoms with Crippen LogP contribution < -0.4 is 5.32 Å². The van der Waals surface area contributed by atoms with E-state index in [0.29, 0.717) is 6.61 Å². The van der Waals surface area contributed by atoms with Crippen LogP contribution in [0, 0.1) is 0 Å². The van der Waals surface area contributed by atoms with E-state index >= 15 is 0 Å². The molecule has 3 nitrogen and oxygen atoms in total. The van der Waals surface area contributed by atoms with Crippen molar-refractivity contribution in [2.45, 2.75) is 52.2 Å². The van der Waals surface area contributed by atoms with E-state index in [-0.39, 0.29) is 18.2 Å². The molecule has 0 spiro atoms. The molecule has 3 heteroatoms. The minimum Gasteiger partial charge on any atom is -0.396 e. The van der Waals surface area contributed by atoms with Gasteiger partial charge in [-0.1, -0.05) is 6.92 Å². The maximum atomic E-state index is 8.87. The first-order valence-corrected chi connectivity index (χ1v) is 5.47. The third kappa shape index (κ3) is 8.48. The normalized spacial score (nSPS) is 14.4. The number of rotatable bonds is 7. The summed E-state index contributed by atoms with van der Waals surface area (Å²) in [6, 6.07) is 0.277. The van der Waals surface area contributed by atoms with Crippen molar-refractivity contribution in [3.8, 4) is 0 Å². The highest BCUT2D eigenvalue weighted by Gasteiger charge is 2.14. The topological polar surface area (TPSA) is 41.5 Å². The first kappa shape index (κ1) is 13.9. The van der Waals surface area contributed by atoms with Crippen molar-refractivity contribution in [3.05, 3.63) is 0 Å². The largest absolute Gasteiger partial charge is 0.396 e. The molecule has 1 unspecified atom stereocenters. The molecule has 0 saturated heterocycles. The number of hydrogen-bond donors (Lipinski definition) is 2. The Balaban J connectivity index is 3.72. The molecule has 14 heavy (non-hydrogen) atoms. The Morgan fingerprint density at radius 1 is 1.36 bits per heavy atom. The van der Waals surface area contributed by atoms with Crippen LogP contribution >= 0.6 is 0 Å². The van der Waals surface area contributed by atoms with Crippen LogP contribution in [0.15, 0.2) is 0 Å². The highest BCUT2D eigenvalue weighted by atomic mass is 16.5. The maximum absolute atomic E-state index is 8.87. The summed E-state index contributed by atoms with van der Waals surface area (Å²) in [6.07, 6.45) is 1.87. The maximum Gasteiger partial charge on any atom is 0.0627 e. The van der Waals surface area contributed by atoms with Gasteiger partial charge in [0.05, 0.1) is 12.2 Å². The average molecular weight is 203 g/mol. The quantitative estimate of drug-likeness (QED) is 0.659. The molecule has 0 aromatic heterocycles. The summed E-state index contributed by atoms with van der Waals surface area (Å²) in [6.45, 7) is 10.1. The molecule has 2 N–H and O–H groups in total. The van der Waals surface area contributed by atoms with E-state index < -0.39 is 0 Å². The van der Waals surface area contributed by atoms with E-state index in [1.165, 1.54) is 0 Å². The lowest BCUT2D eigenvalue weighted by Gasteiger charge is -2.24. The molecule has 0 aliphatic rings. The molecular formula is C11H25NO2. The molecule has 0 rings (SSSR count). The molecule has 0 fully saturated rings. The van der Waals surface area contributed by atoms with Crippen LogP contribution in [0.25, 0.3) is 0 Å². The minimum absolute atomic E-state index is 0.0956. The van der Waals surface area contributed by atoms with Gasteiger partial charge in [0.15, 0.2) is 0 Å². The summed E-state index contributed by atoms with van der Waals surface area (Å²) in [5.74, 6) is 0. The van der Waals surface area contributed by atoms with Gasteiger partial charge in [-0.3, -0.25) is 0 Å². The predicted molar refractivity (Wildman–Crippen MR) is 59.5 cm³/mol. The zero-order valence-corrected chi connectivity index (χ0v) is 9.97. The van der Waals surface area contributed by atoms with Gasteiger partial charge in [-0.05, 0) is 40.2 Å². The zero-order valence-electron chi connectivity index (χ0n) is 9.97. The van der Waals surface area contributed by atoms with Gasteiger partial charge in [-0.25, -0.2) is 0 Å². The van der Waals surface area contributed by atoms with E-state index in [1.807, 2.05) is 20.8 Å². The number of nitrogens with one attached hydrogen (secondary N) is 1. The summed E-state index contributed by atoms with van der Waals surface area (Å²) in [5.41, 5.74) is -0.0956. The molecule has 0 saturated carbocycles. The first-order valence-electron chi connectivity index (χ1n) is 5.47. The molecule has 0 heterocycles. The Labute approximate surface area is 87.8 Å². The molecule has 0 radical (unpaired) electrons. The molecule has 0 aliphatic heterocycles. The average Bonchev–Trinajstić information content (AvgIpc) is 2.08. The summed E-state index contributed by atoms with van der Waals surface area (Å²) in [7, 11) is 0. The molecular weight excluding hydrogens is 178 g/mol. The Kier molecular flexibility index (Phi) is 7.15. The monoisotopic (exact) mass is 203 g/mol. The first-order chi connectivity index (χ1) is 6.49. The van der Waals surface area contributed by atoms with Crippen LogP contribution in [0.4, 0.5) is 0 Å². The zero-order chi connectivity index (χ0) is 11.0. The van der Waals surface area contributed by atoms with Crippen molar-refractivity contribution in [2.24, 2.45) is 0 Å². The van der Waals surface area contributed by atoms with Gasteiger partial charge >= 0.3 is 0 Å². The van der Waals surface area contributed by atoms with E-state index in [9.17, 15) is 0 Å². The van der Waals surface area contributed by atoms with Crippen molar-refractivity contribution in [1.82, 2.24) is 5.32 Å². The molecule has 0 aliphatic carbocycles. The second-order valence-electron chi connectivity index (χ2n) is 4.59. The van der Waals surface area contributed by atoms with Crippen LogP contribution in [0.2, 0.25) is 0 Å². The number of aliphatic hydroxyl groups is 1. The molecule has 0 aromatic carbocycles. The number of aliphatic hydroxyl groups excluding tert-OH is 1. The van der Waals surface area contributed by atoms with Crippen LogP contribution in [0.5, 0.6) is 0 Å². The van der Waals surface area contributed by atoms with Gasteiger partial charge in [-0.2, -0.15) is 0 Å². The van der Waals surface area contributed by atoms with Gasteiger partial charge < -0.3 is 15.2 Å². The molecule has 1 atom stereocenters.